The highest BCUT2D eigenvalue weighted by molar-refractivity contribution is 7.80. The van der Waals surface area contributed by atoms with Crippen molar-refractivity contribution in [1.82, 2.24) is 0 Å². The molecule has 1 aromatic carbocycles. The maximum Gasteiger partial charge on any atom is 0.269 e. The third kappa shape index (κ3) is 3.57. The maximum atomic E-state index is 10.6. The lowest BCUT2D eigenvalue weighted by Crippen LogP contribution is -2.19. The molecule has 0 bridgehead atoms. The highest BCUT2D eigenvalue weighted by atomic mass is 35.5. The molecule has 0 aliphatic heterocycles. The number of hydrogen-bond acceptors (Lipinski definition) is 5. The van der Waals surface area contributed by atoms with Crippen LogP contribution in [-0.2, 0) is 0 Å². The van der Waals surface area contributed by atoms with Gasteiger partial charge in [0.15, 0.2) is 0 Å². The van der Waals surface area contributed by atoms with Crippen LogP contribution < -0.4 is 0 Å². The molecule has 0 aliphatic carbocycles. The smallest absolute Gasteiger partial charge is 0.269 e. The molecule has 17 heavy (non-hydrogen) atoms. The Morgan fingerprint density at radius 2 is 2.12 bits per heavy atom. The summed E-state index contributed by atoms with van der Waals surface area (Å²) in [5.74, 6) is 0.394. The lowest BCUT2D eigenvalue weighted by Gasteiger charge is -2.18. The van der Waals surface area contributed by atoms with Gasteiger partial charge in [-0.1, -0.05) is 11.6 Å². The molecule has 0 aliphatic rings. The monoisotopic (exact) mass is 277 g/mol. The number of benzene rings is 1. The zero-order valence-electron chi connectivity index (χ0n) is 8.78. The van der Waals surface area contributed by atoms with Crippen LogP contribution in [0.25, 0.3) is 0 Å². The van der Waals surface area contributed by atoms with E-state index in [1.54, 1.807) is 0 Å². The first-order valence-electron chi connectivity index (χ1n) is 4.88. The van der Waals surface area contributed by atoms with Gasteiger partial charge in [0.2, 0.25) is 0 Å². The molecule has 2 N–H and O–H groups in total. The molecule has 94 valence electrons. The van der Waals surface area contributed by atoms with Crippen LogP contribution in [0.4, 0.5) is 5.69 Å². The SMILES string of the molecule is O=[N+]([O-])c1ccc(Cl)c(C(O)C(O)CCS)c1. The second-order valence-corrected chi connectivity index (χ2v) is 4.34. The van der Waals surface area contributed by atoms with Crippen molar-refractivity contribution in [3.8, 4) is 0 Å². The number of aliphatic hydroxyl groups excluding tert-OH is 2. The molecule has 2 unspecified atom stereocenters. The third-order valence-corrected chi connectivity index (χ3v) is 2.90. The highest BCUT2D eigenvalue weighted by Gasteiger charge is 2.22. The highest BCUT2D eigenvalue weighted by Crippen LogP contribution is 2.30. The number of nitrogens with zero attached hydrogens (tertiary/aromatic N) is 1. The van der Waals surface area contributed by atoms with Crippen molar-refractivity contribution in [3.63, 3.8) is 0 Å². The summed E-state index contributed by atoms with van der Waals surface area (Å²) in [6.45, 7) is 0. The van der Waals surface area contributed by atoms with Crippen molar-refractivity contribution in [2.75, 3.05) is 5.75 Å². The van der Waals surface area contributed by atoms with Crippen molar-refractivity contribution in [2.24, 2.45) is 0 Å². The molecular weight excluding hydrogens is 266 g/mol. The van der Waals surface area contributed by atoms with Gasteiger partial charge in [-0.05, 0) is 18.2 Å². The molecule has 0 saturated carbocycles. The summed E-state index contributed by atoms with van der Waals surface area (Å²) in [6.07, 6.45) is -2.04. The van der Waals surface area contributed by atoms with Crippen molar-refractivity contribution in [3.05, 3.63) is 38.9 Å². The Morgan fingerprint density at radius 3 is 2.65 bits per heavy atom. The summed E-state index contributed by atoms with van der Waals surface area (Å²) in [6, 6.07) is 3.73. The largest absolute Gasteiger partial charge is 0.390 e. The van der Waals surface area contributed by atoms with E-state index in [0.717, 1.165) is 6.07 Å². The molecule has 1 aromatic rings. The summed E-state index contributed by atoms with van der Waals surface area (Å²) in [7, 11) is 0. The summed E-state index contributed by atoms with van der Waals surface area (Å²) >= 11 is 9.76. The van der Waals surface area contributed by atoms with Crippen LogP contribution in [0.2, 0.25) is 5.02 Å². The summed E-state index contributed by atoms with van der Waals surface area (Å²) in [4.78, 5) is 10.0. The second kappa shape index (κ2) is 6.20. The van der Waals surface area contributed by atoms with Crippen LogP contribution in [0.3, 0.4) is 0 Å². The van der Waals surface area contributed by atoms with Gasteiger partial charge in [0.1, 0.15) is 6.10 Å². The number of thiol groups is 1. The maximum absolute atomic E-state index is 10.6. The zero-order valence-corrected chi connectivity index (χ0v) is 10.4. The Hall–Kier alpha value is -0.820. The standard InChI is InChI=1S/C10H12ClNO4S/c11-8-2-1-6(12(15)16)5-7(8)10(14)9(13)3-4-17/h1-2,5,9-10,13-14,17H,3-4H2. The van der Waals surface area contributed by atoms with Crippen LogP contribution in [0.5, 0.6) is 0 Å². The molecule has 0 spiro atoms. The zero-order chi connectivity index (χ0) is 13.0. The number of aliphatic hydroxyl groups is 2. The number of rotatable bonds is 5. The molecule has 0 radical (unpaired) electrons. The van der Waals surface area contributed by atoms with E-state index in [-0.39, 0.29) is 22.7 Å². The first-order valence-corrected chi connectivity index (χ1v) is 5.89. The van der Waals surface area contributed by atoms with Crippen LogP contribution in [0, 0.1) is 10.1 Å². The van der Waals surface area contributed by atoms with E-state index in [1.165, 1.54) is 12.1 Å². The fraction of sp³-hybridized carbons (Fsp3) is 0.400. The van der Waals surface area contributed by atoms with Gasteiger partial charge in [0, 0.05) is 22.7 Å². The molecule has 2 atom stereocenters. The van der Waals surface area contributed by atoms with Gasteiger partial charge in [0.05, 0.1) is 11.0 Å². The van der Waals surface area contributed by atoms with Gasteiger partial charge in [-0.3, -0.25) is 10.1 Å². The Bertz CT molecular complexity index is 415. The predicted octanol–water partition coefficient (Wildman–Crippen LogP) is 1.96. The molecule has 0 fully saturated rings. The van der Waals surface area contributed by atoms with E-state index in [4.69, 9.17) is 11.6 Å². The number of non-ortho nitro benzene ring substituents is 1. The summed E-state index contributed by atoms with van der Waals surface area (Å²) in [5.41, 5.74) is -0.0309. The summed E-state index contributed by atoms with van der Waals surface area (Å²) in [5, 5.41) is 30.2. The first kappa shape index (κ1) is 14.2. The average Bonchev–Trinajstić information content (AvgIpc) is 2.28. The van der Waals surface area contributed by atoms with Crippen molar-refractivity contribution >= 4 is 29.9 Å². The van der Waals surface area contributed by atoms with E-state index < -0.39 is 17.1 Å². The molecular formula is C10H12ClNO4S. The van der Waals surface area contributed by atoms with Crippen LogP contribution in [-0.4, -0.2) is 27.0 Å². The van der Waals surface area contributed by atoms with E-state index in [1.807, 2.05) is 0 Å². The minimum atomic E-state index is -1.26. The minimum Gasteiger partial charge on any atom is -0.390 e. The van der Waals surface area contributed by atoms with Gasteiger partial charge in [0.25, 0.3) is 5.69 Å². The first-order chi connectivity index (χ1) is 7.97. The lowest BCUT2D eigenvalue weighted by atomic mass is 10.0. The normalized spacial score (nSPS) is 14.4. The number of nitro groups is 1. The molecule has 0 aromatic heterocycles. The van der Waals surface area contributed by atoms with Gasteiger partial charge >= 0.3 is 0 Å². The number of halogens is 1. The Kier molecular flexibility index (Phi) is 5.20. The Labute approximate surface area is 109 Å². The van der Waals surface area contributed by atoms with Crippen molar-refractivity contribution < 1.29 is 15.1 Å². The topological polar surface area (TPSA) is 83.6 Å². The predicted molar refractivity (Wildman–Crippen MR) is 67.5 cm³/mol. The number of hydrogen-bond donors (Lipinski definition) is 3. The van der Waals surface area contributed by atoms with E-state index in [2.05, 4.69) is 12.6 Å². The third-order valence-electron chi connectivity index (χ3n) is 2.30. The quantitative estimate of drug-likeness (QED) is 0.436. The van der Waals surface area contributed by atoms with Crippen LogP contribution in [0.1, 0.15) is 18.1 Å². The van der Waals surface area contributed by atoms with E-state index in [9.17, 15) is 20.3 Å². The van der Waals surface area contributed by atoms with E-state index >= 15 is 0 Å². The molecule has 0 amide bonds. The van der Waals surface area contributed by atoms with Gasteiger partial charge < -0.3 is 10.2 Å². The van der Waals surface area contributed by atoms with Gasteiger partial charge in [-0.15, -0.1) is 0 Å². The fourth-order valence-electron chi connectivity index (χ4n) is 1.37. The lowest BCUT2D eigenvalue weighted by molar-refractivity contribution is -0.385. The van der Waals surface area contributed by atoms with Crippen LogP contribution in [0.15, 0.2) is 18.2 Å². The minimum absolute atomic E-state index is 0.148. The fourth-order valence-corrected chi connectivity index (χ4v) is 1.86. The van der Waals surface area contributed by atoms with Gasteiger partial charge in [-0.25, -0.2) is 0 Å². The summed E-state index contributed by atoms with van der Waals surface area (Å²) < 4.78 is 0. The molecule has 1 rings (SSSR count). The van der Waals surface area contributed by atoms with E-state index in [0.29, 0.717) is 5.75 Å². The molecule has 7 heteroatoms. The number of nitro benzene ring substituents is 1. The Balaban J connectivity index is 3.03. The second-order valence-electron chi connectivity index (χ2n) is 3.49. The average molecular weight is 278 g/mol. The molecule has 5 nitrogen and oxygen atoms in total. The Morgan fingerprint density at radius 1 is 1.47 bits per heavy atom. The van der Waals surface area contributed by atoms with Crippen molar-refractivity contribution in [2.45, 2.75) is 18.6 Å². The van der Waals surface area contributed by atoms with Crippen molar-refractivity contribution in [1.29, 1.82) is 0 Å². The van der Waals surface area contributed by atoms with Gasteiger partial charge in [-0.2, -0.15) is 12.6 Å². The molecule has 0 saturated heterocycles. The molecule has 0 heterocycles. The van der Waals surface area contributed by atoms with Crippen LogP contribution >= 0.6 is 24.2 Å².